The Morgan fingerprint density at radius 2 is 1.85 bits per heavy atom. The molecule has 0 aromatic rings. The van der Waals surface area contributed by atoms with Crippen LogP contribution in [0.25, 0.3) is 0 Å². The fourth-order valence-electron chi connectivity index (χ4n) is 6.71. The molecule has 0 aromatic heterocycles. The Morgan fingerprint density at radius 1 is 1.15 bits per heavy atom. The van der Waals surface area contributed by atoms with Crippen LogP contribution >= 0.6 is 0 Å². The molecule has 0 aromatic carbocycles. The summed E-state index contributed by atoms with van der Waals surface area (Å²) in [6.07, 6.45) is 9.43. The summed E-state index contributed by atoms with van der Waals surface area (Å²) in [6, 6.07) is -0.711. The van der Waals surface area contributed by atoms with Crippen molar-refractivity contribution in [1.82, 2.24) is 14.7 Å². The first kappa shape index (κ1) is 24.0. The van der Waals surface area contributed by atoms with Crippen LogP contribution in [-0.2, 0) is 19.1 Å². The Morgan fingerprint density at radius 3 is 2.48 bits per heavy atom. The summed E-state index contributed by atoms with van der Waals surface area (Å²) in [4.78, 5) is 46.0. The molecule has 2 bridgehead atoms. The SMILES string of the molecule is C=CCN(C)C(=O)[C@@H]1[C@@H]2CCC3(O2)C(C(=O)N(CC=C)C2CCCCC2)N(CCO)C(=O)[C@H]13. The van der Waals surface area contributed by atoms with Gasteiger partial charge in [0.25, 0.3) is 0 Å². The number of aliphatic hydroxyl groups excluding tert-OH is 1. The van der Waals surface area contributed by atoms with Crippen LogP contribution in [0.2, 0.25) is 0 Å². The molecule has 33 heavy (non-hydrogen) atoms. The number of carbonyl (C=O) groups is 3. The van der Waals surface area contributed by atoms with Crippen molar-refractivity contribution in [2.75, 3.05) is 33.3 Å². The van der Waals surface area contributed by atoms with Crippen LogP contribution in [-0.4, -0.2) is 94.6 Å². The third-order valence-corrected chi connectivity index (χ3v) is 8.06. The Labute approximate surface area is 196 Å². The average molecular weight is 460 g/mol. The second kappa shape index (κ2) is 9.58. The van der Waals surface area contributed by atoms with Gasteiger partial charge >= 0.3 is 0 Å². The molecule has 1 N–H and O–H groups in total. The molecule has 0 radical (unpaired) electrons. The Kier molecular flexibility index (Phi) is 6.96. The van der Waals surface area contributed by atoms with E-state index in [9.17, 15) is 19.5 Å². The third-order valence-electron chi connectivity index (χ3n) is 8.06. The molecule has 4 rings (SSSR count). The zero-order valence-corrected chi connectivity index (χ0v) is 19.7. The van der Waals surface area contributed by atoms with Gasteiger partial charge in [-0.15, -0.1) is 13.2 Å². The number of nitrogens with zero attached hydrogens (tertiary/aromatic N) is 3. The van der Waals surface area contributed by atoms with Crippen molar-refractivity contribution >= 4 is 17.7 Å². The molecule has 1 aliphatic carbocycles. The summed E-state index contributed by atoms with van der Waals surface area (Å²) in [6.45, 7) is 8.16. The standard InChI is InChI=1S/C25H37N3O5/c1-4-13-26(3)22(30)19-18-11-12-25(33-18)20(19)23(31)28(15-16-29)21(25)24(32)27(14-5-2)17-9-7-6-8-10-17/h4-5,17-21,29H,1-2,6-16H2,3H3/t18-,19+,20-,21?,25?/m0/s1. The molecule has 182 valence electrons. The maximum absolute atomic E-state index is 14.1. The first-order valence-electron chi connectivity index (χ1n) is 12.3. The molecule has 3 aliphatic heterocycles. The van der Waals surface area contributed by atoms with Crippen molar-refractivity contribution in [3.05, 3.63) is 25.3 Å². The number of fused-ring (bicyclic) bond motifs is 1. The molecule has 3 amide bonds. The second-order valence-electron chi connectivity index (χ2n) is 9.89. The van der Waals surface area contributed by atoms with Crippen molar-refractivity contribution < 1.29 is 24.2 Å². The predicted molar refractivity (Wildman–Crippen MR) is 123 cm³/mol. The number of amides is 3. The molecule has 8 nitrogen and oxygen atoms in total. The number of hydrogen-bond acceptors (Lipinski definition) is 5. The van der Waals surface area contributed by atoms with E-state index >= 15 is 0 Å². The van der Waals surface area contributed by atoms with Crippen molar-refractivity contribution in [3.63, 3.8) is 0 Å². The van der Waals surface area contributed by atoms with E-state index in [1.807, 2.05) is 4.90 Å². The van der Waals surface area contributed by atoms with Gasteiger partial charge in [-0.2, -0.15) is 0 Å². The van der Waals surface area contributed by atoms with Crippen LogP contribution in [0, 0.1) is 11.8 Å². The van der Waals surface area contributed by atoms with Crippen LogP contribution in [0.15, 0.2) is 25.3 Å². The maximum Gasteiger partial charge on any atom is 0.248 e. The highest BCUT2D eigenvalue weighted by Gasteiger charge is 2.74. The number of likely N-dealkylation sites (tertiary alicyclic amines) is 1. The van der Waals surface area contributed by atoms with E-state index in [4.69, 9.17) is 4.74 Å². The number of likely N-dealkylation sites (N-methyl/N-ethyl adjacent to an activating group) is 1. The predicted octanol–water partition coefficient (Wildman–Crippen LogP) is 1.35. The third kappa shape index (κ3) is 3.81. The van der Waals surface area contributed by atoms with Crippen molar-refractivity contribution in [2.45, 2.75) is 68.7 Å². The smallest absolute Gasteiger partial charge is 0.248 e. The van der Waals surface area contributed by atoms with Gasteiger partial charge in [0, 0.05) is 32.7 Å². The molecule has 3 heterocycles. The molecule has 4 fully saturated rings. The van der Waals surface area contributed by atoms with E-state index in [1.54, 1.807) is 24.1 Å². The highest BCUT2D eigenvalue weighted by Crippen LogP contribution is 2.58. The van der Waals surface area contributed by atoms with Gasteiger partial charge in [-0.3, -0.25) is 14.4 Å². The maximum atomic E-state index is 14.1. The quantitative estimate of drug-likeness (QED) is 0.526. The van der Waals surface area contributed by atoms with E-state index < -0.39 is 23.5 Å². The molecule has 2 unspecified atom stereocenters. The van der Waals surface area contributed by atoms with Crippen LogP contribution in [0.3, 0.4) is 0 Å². The van der Waals surface area contributed by atoms with Crippen LogP contribution in [0.1, 0.15) is 44.9 Å². The van der Waals surface area contributed by atoms with E-state index in [-0.39, 0.29) is 43.0 Å². The highest BCUT2D eigenvalue weighted by atomic mass is 16.5. The van der Waals surface area contributed by atoms with E-state index in [0.29, 0.717) is 25.9 Å². The molecule has 5 atom stereocenters. The molecule has 3 saturated heterocycles. The van der Waals surface area contributed by atoms with Crippen LogP contribution < -0.4 is 0 Å². The molecular weight excluding hydrogens is 422 g/mol. The lowest BCUT2D eigenvalue weighted by Crippen LogP contribution is -2.58. The number of aliphatic hydroxyl groups is 1. The van der Waals surface area contributed by atoms with Gasteiger partial charge in [0.05, 0.1) is 24.5 Å². The number of rotatable bonds is 9. The lowest BCUT2D eigenvalue weighted by atomic mass is 9.70. The monoisotopic (exact) mass is 459 g/mol. The minimum atomic E-state index is -1.02. The fourth-order valence-corrected chi connectivity index (χ4v) is 6.71. The van der Waals surface area contributed by atoms with Crippen LogP contribution in [0.4, 0.5) is 0 Å². The van der Waals surface area contributed by atoms with Gasteiger partial charge in [-0.05, 0) is 25.7 Å². The van der Waals surface area contributed by atoms with Gasteiger partial charge in [0.1, 0.15) is 11.6 Å². The number of ether oxygens (including phenoxy) is 1. The summed E-state index contributed by atoms with van der Waals surface area (Å²) in [5.41, 5.74) is -1.02. The molecule has 8 heteroatoms. The molecule has 4 aliphatic rings. The highest BCUT2D eigenvalue weighted by molar-refractivity contribution is 5.99. The summed E-state index contributed by atoms with van der Waals surface area (Å²) in [5.74, 6) is -1.85. The van der Waals surface area contributed by atoms with Crippen molar-refractivity contribution in [2.24, 2.45) is 11.8 Å². The zero-order valence-electron chi connectivity index (χ0n) is 19.7. The topological polar surface area (TPSA) is 90.4 Å². The van der Waals surface area contributed by atoms with Gasteiger partial charge in [0.2, 0.25) is 17.7 Å². The molecular formula is C25H37N3O5. The number of hydrogen-bond donors (Lipinski definition) is 1. The summed E-state index contributed by atoms with van der Waals surface area (Å²) in [7, 11) is 1.70. The van der Waals surface area contributed by atoms with Gasteiger partial charge in [-0.25, -0.2) is 0 Å². The lowest BCUT2D eigenvalue weighted by Gasteiger charge is -2.40. The van der Waals surface area contributed by atoms with Crippen molar-refractivity contribution in [3.8, 4) is 0 Å². The van der Waals surface area contributed by atoms with Gasteiger partial charge in [0.15, 0.2) is 0 Å². The summed E-state index contributed by atoms with van der Waals surface area (Å²) in [5, 5.41) is 9.74. The summed E-state index contributed by atoms with van der Waals surface area (Å²) >= 11 is 0. The Hall–Kier alpha value is -2.19. The normalized spacial score (nSPS) is 33.2. The van der Waals surface area contributed by atoms with Gasteiger partial charge in [-0.1, -0.05) is 31.4 Å². The van der Waals surface area contributed by atoms with Crippen LogP contribution in [0.5, 0.6) is 0 Å². The first-order chi connectivity index (χ1) is 15.9. The summed E-state index contributed by atoms with van der Waals surface area (Å²) < 4.78 is 6.45. The minimum absolute atomic E-state index is 0.0531. The van der Waals surface area contributed by atoms with E-state index in [0.717, 1.165) is 25.7 Å². The van der Waals surface area contributed by atoms with Gasteiger partial charge < -0.3 is 24.5 Å². The molecule has 1 spiro atoms. The number of carbonyl (C=O) groups excluding carboxylic acids is 3. The lowest BCUT2D eigenvalue weighted by molar-refractivity contribution is -0.150. The Bertz CT molecular complexity index is 810. The minimum Gasteiger partial charge on any atom is -0.395 e. The largest absolute Gasteiger partial charge is 0.395 e. The molecule has 1 saturated carbocycles. The number of β-amino-alcohol motifs (C(OH)–C–C–N with tert-alkyl or cyclic N) is 1. The second-order valence-corrected chi connectivity index (χ2v) is 9.89. The van der Waals surface area contributed by atoms with E-state index in [1.165, 1.54) is 11.3 Å². The van der Waals surface area contributed by atoms with Crippen molar-refractivity contribution in [1.29, 1.82) is 0 Å². The Balaban J connectivity index is 1.69. The average Bonchev–Trinajstić information content (AvgIpc) is 3.45. The van der Waals surface area contributed by atoms with E-state index in [2.05, 4.69) is 13.2 Å². The fraction of sp³-hybridized carbons (Fsp3) is 0.720. The first-order valence-corrected chi connectivity index (χ1v) is 12.3. The zero-order chi connectivity index (χ0) is 23.8.